The quantitative estimate of drug-likeness (QED) is 0.615. The van der Waals surface area contributed by atoms with Gasteiger partial charge < -0.3 is 5.32 Å². The van der Waals surface area contributed by atoms with Crippen molar-refractivity contribution in [2.75, 3.05) is 13.1 Å². The molecule has 62 valence electrons. The molecule has 0 radical (unpaired) electrons. The van der Waals surface area contributed by atoms with Gasteiger partial charge in [0.15, 0.2) is 5.82 Å². The number of aromatic nitrogens is 4. The molecule has 1 aromatic heterocycles. The van der Waals surface area contributed by atoms with Crippen molar-refractivity contribution in [2.45, 2.75) is 12.3 Å². The molecule has 0 unspecified atom stereocenters. The predicted molar refractivity (Wildman–Crippen MR) is 41.7 cm³/mol. The van der Waals surface area contributed by atoms with Gasteiger partial charge in [0.1, 0.15) is 0 Å². The number of H-pyrrole nitrogens is 1. The number of aromatic amines is 1. The van der Waals surface area contributed by atoms with Crippen molar-refractivity contribution >= 4 is 12.4 Å². The van der Waals surface area contributed by atoms with Crippen LogP contribution in [0.5, 0.6) is 0 Å². The van der Waals surface area contributed by atoms with Crippen molar-refractivity contribution in [2.24, 2.45) is 0 Å². The smallest absolute Gasteiger partial charge is 0.178 e. The third-order valence-corrected chi connectivity index (χ3v) is 1.79. The summed E-state index contributed by atoms with van der Waals surface area (Å²) in [7, 11) is 0. The van der Waals surface area contributed by atoms with Crippen molar-refractivity contribution in [3.05, 3.63) is 5.82 Å². The van der Waals surface area contributed by atoms with E-state index in [4.69, 9.17) is 0 Å². The van der Waals surface area contributed by atoms with Crippen LogP contribution in [0.25, 0.3) is 0 Å². The Morgan fingerprint density at radius 3 is 2.91 bits per heavy atom. The van der Waals surface area contributed by atoms with Crippen LogP contribution in [0, 0.1) is 0 Å². The van der Waals surface area contributed by atoms with Crippen molar-refractivity contribution in [1.82, 2.24) is 25.9 Å². The monoisotopic (exact) mass is 175 g/mol. The van der Waals surface area contributed by atoms with E-state index in [2.05, 4.69) is 25.9 Å². The number of rotatable bonds is 1. The summed E-state index contributed by atoms with van der Waals surface area (Å²) in [6.45, 7) is 2.05. The number of tetrazole rings is 1. The lowest BCUT2D eigenvalue weighted by Crippen LogP contribution is -2.08. The highest BCUT2D eigenvalue weighted by molar-refractivity contribution is 5.85. The fraction of sp³-hybridized carbons (Fsp3) is 0.800. The summed E-state index contributed by atoms with van der Waals surface area (Å²) in [4.78, 5) is 0. The molecule has 1 fully saturated rings. The van der Waals surface area contributed by atoms with E-state index in [1.54, 1.807) is 0 Å². The molecule has 1 aromatic rings. The van der Waals surface area contributed by atoms with Crippen LogP contribution in [0.4, 0.5) is 0 Å². The molecule has 11 heavy (non-hydrogen) atoms. The molecular formula is C5H10ClN5. The first-order chi connectivity index (χ1) is 4.97. The highest BCUT2D eigenvalue weighted by atomic mass is 35.5. The minimum atomic E-state index is 0. The fourth-order valence-electron chi connectivity index (χ4n) is 1.22. The Labute approximate surface area is 70.4 Å². The van der Waals surface area contributed by atoms with E-state index < -0.39 is 0 Å². The zero-order valence-corrected chi connectivity index (χ0v) is 6.77. The van der Waals surface area contributed by atoms with Gasteiger partial charge in [0.25, 0.3) is 0 Å². The van der Waals surface area contributed by atoms with Gasteiger partial charge in [-0.05, 0) is 13.0 Å². The van der Waals surface area contributed by atoms with Crippen LogP contribution in [-0.4, -0.2) is 33.7 Å². The van der Waals surface area contributed by atoms with E-state index >= 15 is 0 Å². The Morgan fingerprint density at radius 1 is 1.45 bits per heavy atom. The van der Waals surface area contributed by atoms with Gasteiger partial charge in [0.05, 0.1) is 0 Å². The summed E-state index contributed by atoms with van der Waals surface area (Å²) in [5, 5.41) is 17.0. The van der Waals surface area contributed by atoms with Crippen molar-refractivity contribution in [3.8, 4) is 0 Å². The SMILES string of the molecule is C1C[C@H](c2nn[nH]n2)CN1.Cl. The average molecular weight is 176 g/mol. The molecular weight excluding hydrogens is 166 g/mol. The Bertz CT molecular complexity index is 193. The third-order valence-electron chi connectivity index (χ3n) is 1.79. The van der Waals surface area contributed by atoms with Gasteiger partial charge in [-0.15, -0.1) is 22.6 Å². The third kappa shape index (κ3) is 1.66. The van der Waals surface area contributed by atoms with Crippen LogP contribution in [0.1, 0.15) is 18.2 Å². The van der Waals surface area contributed by atoms with Gasteiger partial charge in [0.2, 0.25) is 0 Å². The Hall–Kier alpha value is -0.680. The first-order valence-corrected chi connectivity index (χ1v) is 3.41. The van der Waals surface area contributed by atoms with Crippen LogP contribution in [0.2, 0.25) is 0 Å². The Morgan fingerprint density at radius 2 is 2.36 bits per heavy atom. The minimum absolute atomic E-state index is 0. The lowest BCUT2D eigenvalue weighted by atomic mass is 10.1. The first-order valence-electron chi connectivity index (χ1n) is 3.41. The largest absolute Gasteiger partial charge is 0.316 e. The summed E-state index contributed by atoms with van der Waals surface area (Å²) in [5.74, 6) is 1.31. The van der Waals surface area contributed by atoms with Gasteiger partial charge in [-0.1, -0.05) is 5.21 Å². The van der Waals surface area contributed by atoms with Crippen LogP contribution in [-0.2, 0) is 0 Å². The van der Waals surface area contributed by atoms with E-state index in [9.17, 15) is 0 Å². The van der Waals surface area contributed by atoms with E-state index in [1.807, 2.05) is 0 Å². The van der Waals surface area contributed by atoms with Crippen LogP contribution >= 0.6 is 12.4 Å². The zero-order chi connectivity index (χ0) is 6.81. The maximum Gasteiger partial charge on any atom is 0.178 e. The number of hydrogen-bond donors (Lipinski definition) is 2. The van der Waals surface area contributed by atoms with Gasteiger partial charge in [-0.3, -0.25) is 0 Å². The molecule has 0 spiro atoms. The molecule has 6 heteroatoms. The normalized spacial score (nSPS) is 23.1. The van der Waals surface area contributed by atoms with Crippen LogP contribution < -0.4 is 5.32 Å². The first kappa shape index (κ1) is 8.42. The summed E-state index contributed by atoms with van der Waals surface area (Å²) < 4.78 is 0. The topological polar surface area (TPSA) is 66.5 Å². The second-order valence-electron chi connectivity index (χ2n) is 2.46. The molecule has 1 atom stereocenters. The number of hydrogen-bond acceptors (Lipinski definition) is 4. The van der Waals surface area contributed by atoms with Crippen molar-refractivity contribution in [1.29, 1.82) is 0 Å². The summed E-state index contributed by atoms with van der Waals surface area (Å²) in [6, 6.07) is 0. The molecule has 2 N–H and O–H groups in total. The average Bonchev–Trinajstić information content (AvgIpc) is 2.59. The van der Waals surface area contributed by atoms with E-state index in [0.717, 1.165) is 25.3 Å². The lowest BCUT2D eigenvalue weighted by molar-refractivity contribution is 0.704. The van der Waals surface area contributed by atoms with E-state index in [1.165, 1.54) is 0 Å². The number of halogens is 1. The molecule has 5 nitrogen and oxygen atoms in total. The van der Waals surface area contributed by atoms with Crippen LogP contribution in [0.15, 0.2) is 0 Å². The van der Waals surface area contributed by atoms with Gasteiger partial charge in [0, 0.05) is 12.5 Å². The summed E-state index contributed by atoms with van der Waals surface area (Å²) >= 11 is 0. The number of nitrogens with one attached hydrogen (secondary N) is 2. The molecule has 0 aliphatic carbocycles. The highest BCUT2D eigenvalue weighted by Crippen LogP contribution is 2.16. The molecule has 1 aliphatic heterocycles. The maximum atomic E-state index is 3.91. The van der Waals surface area contributed by atoms with Gasteiger partial charge in [-0.2, -0.15) is 5.21 Å². The Balaban J connectivity index is 0.000000605. The Kier molecular flexibility index (Phi) is 2.78. The molecule has 2 rings (SSSR count). The molecule has 0 bridgehead atoms. The maximum absolute atomic E-state index is 3.91. The number of nitrogens with zero attached hydrogens (tertiary/aromatic N) is 3. The second-order valence-corrected chi connectivity index (χ2v) is 2.46. The van der Waals surface area contributed by atoms with Crippen LogP contribution in [0.3, 0.4) is 0 Å². The molecule has 2 heterocycles. The van der Waals surface area contributed by atoms with E-state index in [0.29, 0.717) is 5.92 Å². The van der Waals surface area contributed by atoms with Crippen molar-refractivity contribution in [3.63, 3.8) is 0 Å². The molecule has 1 saturated heterocycles. The zero-order valence-electron chi connectivity index (χ0n) is 5.95. The highest BCUT2D eigenvalue weighted by Gasteiger charge is 2.19. The second kappa shape index (κ2) is 3.64. The van der Waals surface area contributed by atoms with E-state index in [-0.39, 0.29) is 12.4 Å². The molecule has 0 aromatic carbocycles. The molecule has 0 saturated carbocycles. The minimum Gasteiger partial charge on any atom is -0.316 e. The lowest BCUT2D eigenvalue weighted by Gasteiger charge is -1.97. The summed E-state index contributed by atoms with van der Waals surface area (Å²) in [5.41, 5.74) is 0. The standard InChI is InChI=1S/C5H9N5.ClH/c1-2-6-3-4(1)5-7-9-10-8-5;/h4,6H,1-3H2,(H,7,8,9,10);1H/t4-;/m0./s1. The van der Waals surface area contributed by atoms with Crippen molar-refractivity contribution < 1.29 is 0 Å². The molecule has 1 aliphatic rings. The van der Waals surface area contributed by atoms with Gasteiger partial charge >= 0.3 is 0 Å². The fourth-order valence-corrected chi connectivity index (χ4v) is 1.22. The molecule has 0 amide bonds. The van der Waals surface area contributed by atoms with Gasteiger partial charge in [-0.25, -0.2) is 0 Å². The summed E-state index contributed by atoms with van der Waals surface area (Å²) in [6.07, 6.45) is 1.12. The predicted octanol–water partition coefficient (Wildman–Crippen LogP) is -0.302.